The van der Waals surface area contributed by atoms with Gasteiger partial charge in [0, 0.05) is 13.0 Å². The number of terminal acetylenes is 1. The zero-order valence-electron chi connectivity index (χ0n) is 11.6. The lowest BCUT2D eigenvalue weighted by atomic mass is 9.90. The predicted octanol–water partition coefficient (Wildman–Crippen LogP) is 1.45. The number of carbonyl (C=O) groups excluding carboxylic acids is 2. The highest BCUT2D eigenvalue weighted by Gasteiger charge is 2.51. The van der Waals surface area contributed by atoms with Gasteiger partial charge in [-0.25, -0.2) is 0 Å². The van der Waals surface area contributed by atoms with Gasteiger partial charge in [0.2, 0.25) is 11.8 Å². The van der Waals surface area contributed by atoms with Crippen molar-refractivity contribution < 1.29 is 9.59 Å². The monoisotopic (exact) mass is 262 g/mol. The Bertz CT molecular complexity index is 405. The van der Waals surface area contributed by atoms with Crippen LogP contribution < -0.4 is 5.32 Å². The van der Waals surface area contributed by atoms with Gasteiger partial charge in [-0.3, -0.25) is 9.59 Å². The fourth-order valence-electron chi connectivity index (χ4n) is 3.26. The Hall–Kier alpha value is -1.50. The Morgan fingerprint density at radius 1 is 1.42 bits per heavy atom. The van der Waals surface area contributed by atoms with Gasteiger partial charge in [0.1, 0.15) is 11.6 Å². The molecule has 1 N–H and O–H groups in total. The molecule has 1 heterocycles. The van der Waals surface area contributed by atoms with Gasteiger partial charge < -0.3 is 10.2 Å². The van der Waals surface area contributed by atoms with Crippen molar-refractivity contribution in [1.82, 2.24) is 10.2 Å². The van der Waals surface area contributed by atoms with Gasteiger partial charge >= 0.3 is 0 Å². The standard InChI is InChI=1S/C15H22N2O2/c1-3-5-8-11-17-12(4-2)13(18)16-15(14(17)19)9-6-7-10-15/h1,12H,4-11H2,2H3,(H,16,18). The first kappa shape index (κ1) is 13.9. The Labute approximate surface area is 114 Å². The molecule has 0 bridgehead atoms. The van der Waals surface area contributed by atoms with E-state index in [1.165, 1.54) is 0 Å². The quantitative estimate of drug-likeness (QED) is 0.616. The summed E-state index contributed by atoms with van der Waals surface area (Å²) < 4.78 is 0. The number of nitrogens with one attached hydrogen (secondary N) is 1. The second kappa shape index (κ2) is 5.64. The molecule has 104 valence electrons. The zero-order chi connectivity index (χ0) is 13.9. The Balaban J connectivity index is 2.17. The van der Waals surface area contributed by atoms with Crippen molar-refractivity contribution in [1.29, 1.82) is 0 Å². The first-order valence-electron chi connectivity index (χ1n) is 7.21. The van der Waals surface area contributed by atoms with Crippen molar-refractivity contribution in [3.8, 4) is 12.3 Å². The third-order valence-electron chi connectivity index (χ3n) is 4.28. The predicted molar refractivity (Wildman–Crippen MR) is 73.2 cm³/mol. The van der Waals surface area contributed by atoms with E-state index in [0.29, 0.717) is 19.4 Å². The molecular formula is C15H22N2O2. The highest BCUT2D eigenvalue weighted by Crippen LogP contribution is 2.35. The van der Waals surface area contributed by atoms with Crippen LogP contribution >= 0.6 is 0 Å². The minimum absolute atomic E-state index is 0.00436. The lowest BCUT2D eigenvalue weighted by Gasteiger charge is -2.44. The average molecular weight is 262 g/mol. The molecule has 0 aromatic heterocycles. The first-order valence-corrected chi connectivity index (χ1v) is 7.21. The second-order valence-corrected chi connectivity index (χ2v) is 5.51. The van der Waals surface area contributed by atoms with Gasteiger partial charge in [-0.15, -0.1) is 12.3 Å². The van der Waals surface area contributed by atoms with Crippen molar-refractivity contribution in [2.45, 2.75) is 63.5 Å². The van der Waals surface area contributed by atoms with E-state index in [1.54, 1.807) is 4.90 Å². The van der Waals surface area contributed by atoms with Crippen LogP contribution in [0.2, 0.25) is 0 Å². The minimum Gasteiger partial charge on any atom is -0.340 e. The number of amides is 2. The molecule has 2 aliphatic rings. The lowest BCUT2D eigenvalue weighted by molar-refractivity contribution is -0.155. The van der Waals surface area contributed by atoms with Crippen molar-refractivity contribution >= 4 is 11.8 Å². The summed E-state index contributed by atoms with van der Waals surface area (Å²) in [5.41, 5.74) is -0.612. The topological polar surface area (TPSA) is 49.4 Å². The molecule has 1 saturated carbocycles. The van der Waals surface area contributed by atoms with Crippen molar-refractivity contribution in [3.63, 3.8) is 0 Å². The minimum atomic E-state index is -0.612. The van der Waals surface area contributed by atoms with E-state index in [1.807, 2.05) is 6.92 Å². The van der Waals surface area contributed by atoms with Gasteiger partial charge in [-0.05, 0) is 25.7 Å². The second-order valence-electron chi connectivity index (χ2n) is 5.51. The molecule has 1 aliphatic heterocycles. The maximum atomic E-state index is 12.7. The normalized spacial score (nSPS) is 25.5. The summed E-state index contributed by atoms with van der Waals surface area (Å²) >= 11 is 0. The maximum Gasteiger partial charge on any atom is 0.249 e. The number of carbonyl (C=O) groups is 2. The number of piperazine rings is 1. The highest BCUT2D eigenvalue weighted by atomic mass is 16.2. The maximum absolute atomic E-state index is 12.7. The highest BCUT2D eigenvalue weighted by molar-refractivity contribution is 6.00. The van der Waals surface area contributed by atoms with Crippen molar-refractivity contribution in [2.75, 3.05) is 6.54 Å². The van der Waals surface area contributed by atoms with Crippen LogP contribution in [-0.4, -0.2) is 34.8 Å². The molecule has 0 aromatic rings. The van der Waals surface area contributed by atoms with E-state index in [2.05, 4.69) is 11.2 Å². The largest absolute Gasteiger partial charge is 0.340 e. The van der Waals surface area contributed by atoms with Crippen molar-refractivity contribution in [2.24, 2.45) is 0 Å². The summed E-state index contributed by atoms with van der Waals surface area (Å²) in [6, 6.07) is -0.323. The molecule has 2 amide bonds. The third kappa shape index (κ3) is 2.47. The molecule has 0 radical (unpaired) electrons. The first-order chi connectivity index (χ1) is 9.14. The smallest absolute Gasteiger partial charge is 0.249 e. The SMILES string of the molecule is C#CCCCN1C(=O)C2(CCCC2)NC(=O)C1CC. The van der Waals surface area contributed by atoms with Crippen LogP contribution in [0.1, 0.15) is 51.9 Å². The Morgan fingerprint density at radius 3 is 2.68 bits per heavy atom. The molecule has 4 nitrogen and oxygen atoms in total. The Morgan fingerprint density at radius 2 is 2.11 bits per heavy atom. The molecule has 2 rings (SSSR count). The summed E-state index contributed by atoms with van der Waals surface area (Å²) in [5, 5.41) is 2.99. The molecule has 1 unspecified atom stereocenters. The van der Waals surface area contributed by atoms with Crippen LogP contribution in [0, 0.1) is 12.3 Å². The molecule has 4 heteroatoms. The molecule has 1 spiro atoms. The third-order valence-corrected chi connectivity index (χ3v) is 4.28. The van der Waals surface area contributed by atoms with Gasteiger partial charge in [-0.2, -0.15) is 0 Å². The van der Waals surface area contributed by atoms with Crippen molar-refractivity contribution in [3.05, 3.63) is 0 Å². The van der Waals surface area contributed by atoms with E-state index in [-0.39, 0.29) is 17.9 Å². The van der Waals surface area contributed by atoms with Gasteiger partial charge in [0.15, 0.2) is 0 Å². The number of rotatable bonds is 4. The van der Waals surface area contributed by atoms with E-state index in [4.69, 9.17) is 6.42 Å². The molecule has 1 atom stereocenters. The summed E-state index contributed by atoms with van der Waals surface area (Å²) in [5.74, 6) is 2.70. The van der Waals surface area contributed by atoms with Gasteiger partial charge in [0.05, 0.1) is 0 Å². The van der Waals surface area contributed by atoms with Crippen LogP contribution in [0.3, 0.4) is 0 Å². The van der Waals surface area contributed by atoms with Gasteiger partial charge in [0.25, 0.3) is 0 Å². The molecule has 0 aromatic carbocycles. The van der Waals surface area contributed by atoms with Crippen LogP contribution in [0.15, 0.2) is 0 Å². The summed E-state index contributed by atoms with van der Waals surface area (Å²) in [7, 11) is 0. The summed E-state index contributed by atoms with van der Waals surface area (Å²) in [6.45, 7) is 2.54. The molecular weight excluding hydrogens is 240 g/mol. The van der Waals surface area contributed by atoms with E-state index in [0.717, 1.165) is 32.1 Å². The summed E-state index contributed by atoms with van der Waals surface area (Å²) in [6.07, 6.45) is 10.9. The fourth-order valence-corrected chi connectivity index (χ4v) is 3.26. The lowest BCUT2D eigenvalue weighted by Crippen LogP contribution is -2.69. The fraction of sp³-hybridized carbons (Fsp3) is 0.733. The number of nitrogens with zero attached hydrogens (tertiary/aromatic N) is 1. The average Bonchev–Trinajstić information content (AvgIpc) is 2.85. The number of hydrogen-bond acceptors (Lipinski definition) is 2. The Kier molecular flexibility index (Phi) is 4.14. The zero-order valence-corrected chi connectivity index (χ0v) is 11.6. The van der Waals surface area contributed by atoms with E-state index < -0.39 is 5.54 Å². The summed E-state index contributed by atoms with van der Waals surface area (Å²) in [4.78, 5) is 26.7. The van der Waals surface area contributed by atoms with Crippen LogP contribution in [0.25, 0.3) is 0 Å². The van der Waals surface area contributed by atoms with Crippen LogP contribution in [0.5, 0.6) is 0 Å². The van der Waals surface area contributed by atoms with Crippen LogP contribution in [0.4, 0.5) is 0 Å². The molecule has 1 saturated heterocycles. The van der Waals surface area contributed by atoms with Gasteiger partial charge in [-0.1, -0.05) is 19.8 Å². The molecule has 19 heavy (non-hydrogen) atoms. The van der Waals surface area contributed by atoms with E-state index in [9.17, 15) is 9.59 Å². The molecule has 1 aliphatic carbocycles. The van der Waals surface area contributed by atoms with Crippen LogP contribution in [-0.2, 0) is 9.59 Å². The van der Waals surface area contributed by atoms with E-state index >= 15 is 0 Å². The number of unbranched alkanes of at least 4 members (excludes halogenated alkanes) is 1. The molecule has 2 fully saturated rings. The number of hydrogen-bond donors (Lipinski definition) is 1.